The van der Waals surface area contributed by atoms with Gasteiger partial charge in [-0.2, -0.15) is 0 Å². The number of aliphatic hydroxyl groups is 1. The highest BCUT2D eigenvalue weighted by Gasteiger charge is 2.45. The Bertz CT molecular complexity index is 1420. The van der Waals surface area contributed by atoms with Crippen LogP contribution in [0.1, 0.15) is 140 Å². The maximum Gasteiger partial charge on any atom is 0.408 e. The number of cyclic esters (lactones) is 1. The number of carbonyl (C=O) groups excluding carboxylic acids is 3. The molecule has 60 heavy (non-hydrogen) atoms. The summed E-state index contributed by atoms with van der Waals surface area (Å²) in [5.74, 6) is 5.33. The summed E-state index contributed by atoms with van der Waals surface area (Å²) in [7, 11) is 5.74. The quantitative estimate of drug-likeness (QED) is 0.0155. The largest absolute Gasteiger partial charge is 0.441 e. The summed E-state index contributed by atoms with van der Waals surface area (Å²) in [5.41, 5.74) is 0.708. The molecule has 1 aromatic rings. The molecule has 3 rings (SSSR count). The molecule has 0 spiro atoms. The number of ketones is 2. The van der Waals surface area contributed by atoms with E-state index in [0.29, 0.717) is 44.9 Å². The summed E-state index contributed by atoms with van der Waals surface area (Å²) in [4.78, 5) is 39.3. The van der Waals surface area contributed by atoms with Crippen LogP contribution in [-0.2, 0) is 23.8 Å². The lowest BCUT2D eigenvalue weighted by atomic mass is 9.77. The molecule has 6 N–H and O–H groups in total. The van der Waals surface area contributed by atoms with Gasteiger partial charge in [-0.3, -0.25) is 20.0 Å². The molecule has 2 aliphatic rings. The van der Waals surface area contributed by atoms with Crippen LogP contribution in [-0.4, -0.2) is 115 Å². The van der Waals surface area contributed by atoms with Gasteiger partial charge in [-0.05, 0) is 93.2 Å². The number of amidine groups is 1. The Morgan fingerprint density at radius 2 is 1.72 bits per heavy atom. The van der Waals surface area contributed by atoms with Crippen molar-refractivity contribution < 1.29 is 33.7 Å². The molecule has 0 bridgehead atoms. The van der Waals surface area contributed by atoms with Crippen molar-refractivity contribution in [2.24, 2.45) is 23.6 Å². The van der Waals surface area contributed by atoms with Gasteiger partial charge in [-0.25, -0.2) is 10.6 Å². The standard InChI is InChI=1S/C35H57N5O5.C8H17NO2.2C2H6/c1-9-10-17-35(7)30(39-33(43)45-35)21-29(16-18-38-19-20-40(37)32(36)28-14-12-11-13-15-28)24(2)22-34(6,44-8)23-25(3)31(42)26(4)27(5)41;1-6-4-7(9(2)3)5-8(10)11-6;2*1-2/h11-16,24-26,30,36,38H,9-10,17-23,37H2,1-8H3,(H,39,43);6-8,10H,4-5H2,1-3H3;2*1-2H3/b29-16-,36-32?;;;/t24-,25-,26?,30?,34-,35-;;;/m1.../s1. The highest BCUT2D eigenvalue weighted by molar-refractivity contribution is 6.01. The smallest absolute Gasteiger partial charge is 0.408 e. The number of nitrogens with two attached hydrogens (primary N) is 1. The molecule has 13 nitrogen and oxygen atoms in total. The second-order valence-corrected chi connectivity index (χ2v) is 16.7. The zero-order valence-electron chi connectivity index (χ0n) is 40.2. The van der Waals surface area contributed by atoms with Crippen LogP contribution in [0.4, 0.5) is 4.79 Å². The number of aliphatic hydroxyl groups excluding tert-OH is 1. The maximum absolute atomic E-state index is 12.9. The van der Waals surface area contributed by atoms with Crippen molar-refractivity contribution in [1.29, 1.82) is 5.41 Å². The zero-order chi connectivity index (χ0) is 46.2. The van der Waals surface area contributed by atoms with Gasteiger partial charge in [0, 0.05) is 50.7 Å². The van der Waals surface area contributed by atoms with E-state index in [0.717, 1.165) is 43.2 Å². The van der Waals surface area contributed by atoms with Gasteiger partial charge in [0.15, 0.2) is 6.29 Å². The number of hydrazine groups is 1. The van der Waals surface area contributed by atoms with E-state index in [4.69, 9.17) is 25.5 Å². The number of benzene rings is 1. The van der Waals surface area contributed by atoms with Gasteiger partial charge < -0.3 is 34.9 Å². The van der Waals surface area contributed by atoms with Gasteiger partial charge in [0.2, 0.25) is 0 Å². The average Bonchev–Trinajstić information content (AvgIpc) is 3.51. The first-order chi connectivity index (χ1) is 28.2. The minimum atomic E-state index is -0.632. The van der Waals surface area contributed by atoms with Crippen LogP contribution >= 0.6 is 0 Å². The second kappa shape index (κ2) is 29.2. The lowest BCUT2D eigenvalue weighted by Crippen LogP contribution is -2.43. The third-order valence-electron chi connectivity index (χ3n) is 11.5. The highest BCUT2D eigenvalue weighted by atomic mass is 16.6. The summed E-state index contributed by atoms with van der Waals surface area (Å²) >= 11 is 0. The molecule has 13 heteroatoms. The topological polar surface area (TPSA) is 180 Å². The Balaban J connectivity index is 0.00000196. The number of hydrogen-bond donors (Lipinski definition) is 5. The van der Waals surface area contributed by atoms with Gasteiger partial charge >= 0.3 is 6.09 Å². The van der Waals surface area contributed by atoms with E-state index >= 15 is 0 Å². The predicted octanol–water partition coefficient (Wildman–Crippen LogP) is 7.89. The highest BCUT2D eigenvalue weighted by Crippen LogP contribution is 2.37. The van der Waals surface area contributed by atoms with Gasteiger partial charge in [0.05, 0.1) is 23.7 Å². The Hall–Kier alpha value is -3.20. The maximum atomic E-state index is 12.9. The molecule has 2 aliphatic heterocycles. The summed E-state index contributed by atoms with van der Waals surface area (Å²) in [6, 6.07) is 9.68. The van der Waals surface area contributed by atoms with Crippen LogP contribution in [0.15, 0.2) is 42.0 Å². The van der Waals surface area contributed by atoms with Crippen molar-refractivity contribution >= 4 is 23.5 Å². The first-order valence-electron chi connectivity index (χ1n) is 22.4. The van der Waals surface area contributed by atoms with Crippen LogP contribution in [0.2, 0.25) is 0 Å². The van der Waals surface area contributed by atoms with Crippen LogP contribution in [0.3, 0.4) is 0 Å². The summed E-state index contributed by atoms with van der Waals surface area (Å²) in [6.07, 6.45) is 7.66. The van der Waals surface area contributed by atoms with E-state index in [-0.39, 0.29) is 47.5 Å². The van der Waals surface area contributed by atoms with Crippen LogP contribution in [0.5, 0.6) is 0 Å². The fraction of sp³-hybridized carbons (Fsp3) is 0.745. The van der Waals surface area contributed by atoms with Crippen LogP contribution < -0.4 is 16.5 Å². The minimum absolute atomic E-state index is 0.0643. The van der Waals surface area contributed by atoms with E-state index in [1.165, 1.54) is 11.9 Å². The van der Waals surface area contributed by atoms with E-state index in [1.807, 2.05) is 99.8 Å². The summed E-state index contributed by atoms with van der Waals surface area (Å²) in [5, 5.41) is 25.5. The van der Waals surface area contributed by atoms with E-state index < -0.39 is 23.4 Å². The molecule has 346 valence electrons. The molecule has 1 aromatic carbocycles. The molecular weight excluding hydrogens is 761 g/mol. The third kappa shape index (κ3) is 19.7. The lowest BCUT2D eigenvalue weighted by Gasteiger charge is -2.35. The fourth-order valence-corrected chi connectivity index (χ4v) is 7.64. The Kier molecular flexibility index (Phi) is 27.6. The van der Waals surface area contributed by atoms with Crippen molar-refractivity contribution in [2.75, 3.05) is 40.8 Å². The molecule has 2 heterocycles. The SMILES string of the molecule is CC.CC.CC1CC(N(C)C)CC(O)O1.CCCC[C@@]1(C)OC(=O)NC1C/C(=C/CNCCN(N)C(=N)c1ccccc1)[C@H](C)C[C@](C)(C[C@@H](C)C(=O)C(C)C(C)=O)OC. The number of hydrogen-bond acceptors (Lipinski definition) is 11. The molecule has 0 saturated carbocycles. The molecule has 0 aliphatic carbocycles. The minimum Gasteiger partial charge on any atom is -0.441 e. The molecule has 2 fully saturated rings. The molecule has 5 unspecified atom stereocenters. The van der Waals surface area contributed by atoms with Gasteiger partial charge in [0.25, 0.3) is 0 Å². The second-order valence-electron chi connectivity index (χ2n) is 16.7. The number of ether oxygens (including phenoxy) is 3. The van der Waals surface area contributed by atoms with Gasteiger partial charge in [0.1, 0.15) is 23.0 Å². The average molecular weight is 847 g/mol. The van der Waals surface area contributed by atoms with E-state index in [9.17, 15) is 19.5 Å². The van der Waals surface area contributed by atoms with Gasteiger partial charge in [-0.15, -0.1) is 0 Å². The van der Waals surface area contributed by atoms with Crippen molar-refractivity contribution in [3.05, 3.63) is 47.5 Å². The first kappa shape index (κ1) is 56.8. The Morgan fingerprint density at radius 1 is 1.12 bits per heavy atom. The number of rotatable bonds is 21. The predicted molar refractivity (Wildman–Crippen MR) is 245 cm³/mol. The number of amides is 1. The number of alkyl carbamates (subject to hydrolysis) is 1. The van der Waals surface area contributed by atoms with Crippen molar-refractivity contribution in [1.82, 2.24) is 20.5 Å². The number of unbranched alkanes of at least 4 members (excludes halogenated alkanes) is 1. The normalized spacial score (nSPS) is 23.7. The number of nitrogens with one attached hydrogen (secondary N) is 3. The number of carbonyl (C=O) groups is 3. The van der Waals surface area contributed by atoms with Crippen molar-refractivity contribution in [2.45, 2.75) is 170 Å². The molecule has 1 amide bonds. The van der Waals surface area contributed by atoms with Crippen molar-refractivity contribution in [3.8, 4) is 0 Å². The molecule has 0 radical (unpaired) electrons. The molecule has 0 aromatic heterocycles. The lowest BCUT2D eigenvalue weighted by molar-refractivity contribution is -0.172. The monoisotopic (exact) mass is 847 g/mol. The van der Waals surface area contributed by atoms with E-state index in [1.54, 1.807) is 14.0 Å². The molecule has 2 saturated heterocycles. The molecule has 9 atom stereocenters. The summed E-state index contributed by atoms with van der Waals surface area (Å²) < 4.78 is 17.0. The first-order valence-corrected chi connectivity index (χ1v) is 22.4. The Morgan fingerprint density at radius 3 is 2.25 bits per heavy atom. The zero-order valence-corrected chi connectivity index (χ0v) is 40.2. The third-order valence-corrected chi connectivity index (χ3v) is 11.5. The summed E-state index contributed by atoms with van der Waals surface area (Å²) in [6.45, 7) is 24.9. The number of nitrogens with zero attached hydrogens (tertiary/aromatic N) is 2. The van der Waals surface area contributed by atoms with Crippen molar-refractivity contribution in [3.63, 3.8) is 0 Å². The van der Waals surface area contributed by atoms with Crippen LogP contribution in [0, 0.1) is 23.2 Å². The van der Waals surface area contributed by atoms with Gasteiger partial charge in [-0.1, -0.05) is 96.9 Å². The van der Waals surface area contributed by atoms with Crippen LogP contribution in [0.25, 0.3) is 0 Å². The molecular formula is C47H86N6O7. The fourth-order valence-electron chi connectivity index (χ4n) is 7.64. The van der Waals surface area contributed by atoms with E-state index in [2.05, 4.69) is 35.5 Å². The number of Topliss-reactive ketones (excluding diaryl/α,β-unsaturated/α-hetero) is 2. The Labute approximate surface area is 364 Å². The number of methoxy groups -OCH3 is 1.